The summed E-state index contributed by atoms with van der Waals surface area (Å²) < 4.78 is 6.34. The quantitative estimate of drug-likeness (QED) is 0.136. The van der Waals surface area contributed by atoms with E-state index in [1.165, 1.54) is 16.7 Å². The summed E-state index contributed by atoms with van der Waals surface area (Å²) in [6, 6.07) is 33.0. The van der Waals surface area contributed by atoms with Crippen molar-refractivity contribution < 1.29 is 14.5 Å². The maximum absolute atomic E-state index is 15.1. The van der Waals surface area contributed by atoms with Gasteiger partial charge in [-0.15, -0.1) is 0 Å². The number of ether oxygens (including phenoxy) is 1. The lowest BCUT2D eigenvalue weighted by molar-refractivity contribution is -0.354. The van der Waals surface area contributed by atoms with Gasteiger partial charge in [-0.1, -0.05) is 125 Å². The molecule has 4 N–H and O–H groups in total. The Morgan fingerprint density at radius 1 is 0.710 bits per heavy atom. The van der Waals surface area contributed by atoms with E-state index in [2.05, 4.69) is 197 Å². The Balaban J connectivity index is 1.19. The highest BCUT2D eigenvalue weighted by Crippen LogP contribution is 2.56. The minimum Gasteiger partial charge on any atom is -0.499 e. The van der Waals surface area contributed by atoms with E-state index in [1.54, 1.807) is 7.11 Å². The summed E-state index contributed by atoms with van der Waals surface area (Å²) in [5, 5.41) is 5.86. The summed E-state index contributed by atoms with van der Waals surface area (Å²) in [4.78, 5) is 21.2. The summed E-state index contributed by atoms with van der Waals surface area (Å²) in [5.41, 5.74) is 19.4. The summed E-state index contributed by atoms with van der Waals surface area (Å²) in [5.74, 6) is 0.572. The standard InChI is InChI=1S/C56H66N4O2/c1-32(45-48(61)56(15,49(45)62-16)50-55(13,14)42-29-27-39-40(47(42)59-50)26-28-41-46(39)58-33(2)54(41,11)12)53(9,10)43-31-38(25-30-44(43)57)60(36-21-17-34(18-22-36)51(3,4)5)37-23-19-35(20-24-37)52(6,7)8/h17-32,58H,2,57H2,1,3-16H3/p+1. The zero-order valence-electron chi connectivity index (χ0n) is 39.8. The minimum absolute atomic E-state index is 0.0309. The normalized spacial score (nSPS) is 19.8. The van der Waals surface area contributed by atoms with Crippen LogP contribution in [0.15, 0.2) is 115 Å². The van der Waals surface area contributed by atoms with E-state index in [1.807, 2.05) is 13.0 Å². The van der Waals surface area contributed by atoms with E-state index >= 15 is 4.79 Å². The molecule has 0 spiro atoms. The van der Waals surface area contributed by atoms with Crippen LogP contribution >= 0.6 is 0 Å². The van der Waals surface area contributed by atoms with Crippen LogP contribution in [0.4, 0.5) is 34.1 Å². The fraction of sp³-hybridized carbons (Fsp3) is 0.393. The highest BCUT2D eigenvalue weighted by atomic mass is 16.5. The Bertz CT molecular complexity index is 2690. The predicted octanol–water partition coefficient (Wildman–Crippen LogP) is 12.3. The first kappa shape index (κ1) is 43.0. The minimum atomic E-state index is -0.975. The summed E-state index contributed by atoms with van der Waals surface area (Å²) in [7, 11) is 1.71. The number of carbonyl (C=O) groups excluding carboxylic acids is 1. The largest absolute Gasteiger partial charge is 0.499 e. The molecule has 2 aliphatic heterocycles. The number of carbonyl (C=O) groups is 1. The fourth-order valence-corrected chi connectivity index (χ4v) is 10.5. The van der Waals surface area contributed by atoms with Gasteiger partial charge in [-0.2, -0.15) is 0 Å². The van der Waals surface area contributed by atoms with Crippen LogP contribution in [0.5, 0.6) is 0 Å². The molecule has 0 saturated carbocycles. The van der Waals surface area contributed by atoms with Crippen molar-refractivity contribution in [2.75, 3.05) is 23.1 Å². The average molecular weight is 828 g/mol. The van der Waals surface area contributed by atoms with Crippen LogP contribution in [0.1, 0.15) is 125 Å². The molecule has 1 aliphatic carbocycles. The van der Waals surface area contributed by atoms with Crippen LogP contribution in [0, 0.1) is 11.3 Å². The Kier molecular flexibility index (Phi) is 9.68. The van der Waals surface area contributed by atoms with Crippen LogP contribution < -0.4 is 20.9 Å². The van der Waals surface area contributed by atoms with E-state index in [4.69, 9.17) is 10.5 Å². The lowest BCUT2D eigenvalue weighted by atomic mass is 9.54. The zero-order valence-corrected chi connectivity index (χ0v) is 39.8. The van der Waals surface area contributed by atoms with Gasteiger partial charge in [-0.05, 0) is 114 Å². The number of nitrogens with zero attached hydrogens (tertiary/aromatic N) is 1. The first-order valence-corrected chi connectivity index (χ1v) is 22.2. The number of methoxy groups -OCH3 is 1. The molecule has 0 bridgehead atoms. The van der Waals surface area contributed by atoms with Crippen LogP contribution in [0.25, 0.3) is 10.8 Å². The lowest BCUT2D eigenvalue weighted by Crippen LogP contribution is -2.74. The molecule has 6 heteroatoms. The molecule has 3 aliphatic rings. The molecule has 6 nitrogen and oxygen atoms in total. The number of hydrogen-bond acceptors (Lipinski definition) is 5. The van der Waals surface area contributed by atoms with Crippen molar-refractivity contribution in [1.82, 2.24) is 0 Å². The van der Waals surface area contributed by atoms with Crippen molar-refractivity contribution in [2.45, 2.75) is 124 Å². The van der Waals surface area contributed by atoms with Crippen molar-refractivity contribution in [3.05, 3.63) is 142 Å². The fourth-order valence-electron chi connectivity index (χ4n) is 10.5. The number of rotatable bonds is 8. The second-order valence-electron chi connectivity index (χ2n) is 22.0. The third-order valence-corrected chi connectivity index (χ3v) is 15.0. The molecule has 0 fully saturated rings. The summed E-state index contributed by atoms with van der Waals surface area (Å²) in [6.45, 7) is 35.2. The average Bonchev–Trinajstić information content (AvgIpc) is 3.62. The number of ketones is 1. The van der Waals surface area contributed by atoms with E-state index in [9.17, 15) is 0 Å². The van der Waals surface area contributed by atoms with Crippen LogP contribution in [0.3, 0.4) is 0 Å². The predicted molar refractivity (Wildman–Crippen MR) is 261 cm³/mol. The van der Waals surface area contributed by atoms with Gasteiger partial charge >= 0.3 is 0 Å². The Hall–Kier alpha value is -5.62. The topological polar surface area (TPSA) is 81.6 Å². The molecule has 5 aromatic carbocycles. The first-order chi connectivity index (χ1) is 28.8. The van der Waals surface area contributed by atoms with Crippen LogP contribution in [0.2, 0.25) is 0 Å². The molecule has 8 rings (SSSR count). The van der Waals surface area contributed by atoms with E-state index in [0.29, 0.717) is 17.0 Å². The number of fused-ring (bicyclic) bond motifs is 5. The number of benzene rings is 5. The van der Waals surface area contributed by atoms with Gasteiger partial charge in [0.1, 0.15) is 5.76 Å². The number of Topliss-reactive ketones (excluding diaryl/α,β-unsaturated/α-hetero) is 1. The number of anilines is 5. The molecular formula is C56H67N4O2+. The Morgan fingerprint density at radius 2 is 1.23 bits per heavy atom. The van der Waals surface area contributed by atoms with Gasteiger partial charge in [0.25, 0.3) is 0 Å². The number of nitrogens with one attached hydrogen (secondary N) is 2. The molecule has 0 amide bonds. The number of allylic oxidation sites excluding steroid dienone is 3. The highest BCUT2D eigenvalue weighted by Gasteiger charge is 2.65. The van der Waals surface area contributed by atoms with Gasteiger partial charge in [-0.3, -0.25) is 4.79 Å². The monoisotopic (exact) mass is 828 g/mol. The SMILES string of the molecule is C=C1Nc2c(ccc3c4c(ccc23)C(C)(C)C(C2(C)C(=O)C(C(C)C(C)(C)c3cc(N(c5ccc(C(C)(C)C)cc5)c5ccc(C(C)(C)C)cc5)ccc3N)=C2OC)=[NH+]4)C1(C)C. The lowest BCUT2D eigenvalue weighted by Gasteiger charge is -2.46. The maximum atomic E-state index is 15.1. The van der Waals surface area contributed by atoms with Crippen molar-refractivity contribution in [1.29, 1.82) is 0 Å². The molecule has 62 heavy (non-hydrogen) atoms. The molecule has 0 aromatic heterocycles. The van der Waals surface area contributed by atoms with Gasteiger partial charge in [0.15, 0.2) is 16.9 Å². The van der Waals surface area contributed by atoms with Gasteiger partial charge in [0.05, 0.1) is 23.6 Å². The van der Waals surface area contributed by atoms with Crippen molar-refractivity contribution in [3.8, 4) is 0 Å². The van der Waals surface area contributed by atoms with Gasteiger partial charge in [-0.25, -0.2) is 4.99 Å². The second kappa shape index (κ2) is 13.9. The van der Waals surface area contributed by atoms with Crippen LogP contribution in [-0.4, -0.2) is 18.6 Å². The molecule has 2 heterocycles. The Morgan fingerprint density at radius 3 is 1.76 bits per heavy atom. The highest BCUT2D eigenvalue weighted by molar-refractivity contribution is 6.26. The van der Waals surface area contributed by atoms with Gasteiger partial charge in [0, 0.05) is 50.4 Å². The van der Waals surface area contributed by atoms with Crippen molar-refractivity contribution in [3.63, 3.8) is 0 Å². The summed E-state index contributed by atoms with van der Waals surface area (Å²) >= 11 is 0. The number of hydrogen-bond donors (Lipinski definition) is 3. The maximum Gasteiger partial charge on any atom is 0.215 e. The third-order valence-electron chi connectivity index (χ3n) is 15.0. The Labute approximate surface area is 370 Å². The molecule has 322 valence electrons. The third kappa shape index (κ3) is 6.26. The van der Waals surface area contributed by atoms with E-state index in [-0.39, 0.29) is 27.9 Å². The smallest absolute Gasteiger partial charge is 0.215 e. The van der Waals surface area contributed by atoms with Crippen molar-refractivity contribution >= 4 is 56.4 Å². The van der Waals surface area contributed by atoms with Gasteiger partial charge in [0.2, 0.25) is 5.69 Å². The van der Waals surface area contributed by atoms with Crippen LogP contribution in [-0.2, 0) is 36.6 Å². The van der Waals surface area contributed by atoms with Crippen molar-refractivity contribution in [2.24, 2.45) is 11.3 Å². The molecule has 0 radical (unpaired) electrons. The molecule has 2 unspecified atom stereocenters. The second-order valence-corrected chi connectivity index (χ2v) is 22.0. The molecule has 2 atom stereocenters. The molecule has 5 aromatic rings. The number of nitrogen functional groups attached to an aromatic ring is 1. The van der Waals surface area contributed by atoms with E-state index in [0.717, 1.165) is 61.7 Å². The zero-order chi connectivity index (χ0) is 45.3. The molecule has 0 saturated heterocycles. The van der Waals surface area contributed by atoms with E-state index < -0.39 is 16.2 Å². The molecular weight excluding hydrogens is 761 g/mol. The first-order valence-electron chi connectivity index (χ1n) is 22.2. The van der Waals surface area contributed by atoms with Gasteiger partial charge < -0.3 is 20.7 Å². The summed E-state index contributed by atoms with van der Waals surface area (Å²) in [6.07, 6.45) is 0. The number of nitrogens with two attached hydrogens (primary N) is 1.